The van der Waals surface area contributed by atoms with Crippen LogP contribution in [0.3, 0.4) is 0 Å². The van der Waals surface area contributed by atoms with E-state index in [2.05, 4.69) is 5.92 Å². The van der Waals surface area contributed by atoms with Gasteiger partial charge in [0, 0.05) is 31.0 Å². The summed E-state index contributed by atoms with van der Waals surface area (Å²) >= 11 is 5.54. The van der Waals surface area contributed by atoms with Gasteiger partial charge in [-0.3, -0.25) is 0 Å². The fourth-order valence-electron chi connectivity index (χ4n) is 2.00. The van der Waals surface area contributed by atoms with Crippen molar-refractivity contribution in [3.05, 3.63) is 48.0 Å². The number of anilines is 4. The van der Waals surface area contributed by atoms with Crippen LogP contribution in [0.25, 0.3) is 0 Å². The predicted octanol–water partition coefficient (Wildman–Crippen LogP) is 2.69. The summed E-state index contributed by atoms with van der Waals surface area (Å²) < 4.78 is 0. The Morgan fingerprint density at radius 3 is 2.05 bits per heavy atom. The maximum absolute atomic E-state index is 5.85. The monoisotopic (exact) mass is 310 g/mol. The zero-order valence-corrected chi connectivity index (χ0v) is 13.4. The maximum atomic E-state index is 5.85. The highest BCUT2D eigenvalue weighted by Crippen LogP contribution is 2.24. The molecule has 2 aromatic rings. The second-order valence-electron chi connectivity index (χ2n) is 4.91. The smallest absolute Gasteiger partial charge is 0.180 e. The van der Waals surface area contributed by atoms with E-state index in [1.807, 2.05) is 54.2 Å². The van der Waals surface area contributed by atoms with E-state index in [0.717, 1.165) is 16.9 Å². The molecule has 0 amide bonds. The number of hydrogen-bond acceptors (Lipinski definition) is 3. The van der Waals surface area contributed by atoms with E-state index in [9.17, 15) is 0 Å². The zero-order chi connectivity index (χ0) is 16.3. The summed E-state index contributed by atoms with van der Waals surface area (Å²) in [5.74, 6) is 2.59. The molecule has 0 aliphatic heterocycles. The van der Waals surface area contributed by atoms with Crippen LogP contribution < -0.4 is 21.3 Å². The van der Waals surface area contributed by atoms with Gasteiger partial charge in [-0.15, -0.1) is 6.42 Å². The van der Waals surface area contributed by atoms with Crippen LogP contribution in [0.2, 0.25) is 0 Å². The Bertz CT molecular complexity index is 731. The molecule has 0 radical (unpaired) electrons. The molecule has 0 aromatic heterocycles. The number of benzene rings is 2. The highest BCUT2D eigenvalue weighted by atomic mass is 32.1. The van der Waals surface area contributed by atoms with E-state index in [0.29, 0.717) is 16.5 Å². The number of nitrogen functional groups attached to an aromatic ring is 2. The summed E-state index contributed by atoms with van der Waals surface area (Å²) in [5.41, 5.74) is 15.4. The third kappa shape index (κ3) is 3.13. The molecule has 2 aromatic carbocycles. The summed E-state index contributed by atoms with van der Waals surface area (Å²) in [7, 11) is 3.80. The van der Waals surface area contributed by atoms with E-state index < -0.39 is 0 Å². The van der Waals surface area contributed by atoms with Gasteiger partial charge in [-0.05, 0) is 54.7 Å². The first-order valence-corrected chi connectivity index (χ1v) is 7.08. The second-order valence-corrected chi connectivity index (χ2v) is 5.27. The van der Waals surface area contributed by atoms with Crippen molar-refractivity contribution in [2.24, 2.45) is 0 Å². The van der Waals surface area contributed by atoms with E-state index in [1.54, 1.807) is 12.1 Å². The predicted molar refractivity (Wildman–Crippen MR) is 99.0 cm³/mol. The molecule has 0 fully saturated rings. The molecule has 0 spiro atoms. The molecule has 0 bridgehead atoms. The molecule has 4 nitrogen and oxygen atoms in total. The molecular formula is C17H18N4S. The number of nitrogens with zero attached hydrogens (tertiary/aromatic N) is 2. The van der Waals surface area contributed by atoms with Crippen LogP contribution in [0.15, 0.2) is 42.5 Å². The summed E-state index contributed by atoms with van der Waals surface area (Å²) in [6.07, 6.45) is 5.37. The molecule has 4 N–H and O–H groups in total. The van der Waals surface area contributed by atoms with Gasteiger partial charge in [-0.2, -0.15) is 0 Å². The van der Waals surface area contributed by atoms with Gasteiger partial charge >= 0.3 is 0 Å². The normalized spacial score (nSPS) is 9.86. The van der Waals surface area contributed by atoms with Crippen LogP contribution in [-0.4, -0.2) is 19.2 Å². The fourth-order valence-corrected chi connectivity index (χ4v) is 2.21. The van der Waals surface area contributed by atoms with Gasteiger partial charge in [0.25, 0.3) is 0 Å². The van der Waals surface area contributed by atoms with Crippen LogP contribution >= 0.6 is 12.2 Å². The van der Waals surface area contributed by atoms with Crippen molar-refractivity contribution >= 4 is 40.1 Å². The average molecular weight is 310 g/mol. The molecule has 0 atom stereocenters. The fraction of sp³-hybridized carbons (Fsp3) is 0.118. The average Bonchev–Trinajstić information content (AvgIpc) is 2.55. The molecular weight excluding hydrogens is 292 g/mol. The highest BCUT2D eigenvalue weighted by Gasteiger charge is 2.14. The van der Waals surface area contributed by atoms with Crippen LogP contribution in [-0.2, 0) is 0 Å². The van der Waals surface area contributed by atoms with Gasteiger partial charge in [0.2, 0.25) is 0 Å². The largest absolute Gasteiger partial charge is 0.397 e. The molecule has 2 rings (SSSR count). The molecule has 0 unspecified atom stereocenters. The van der Waals surface area contributed by atoms with Crippen LogP contribution in [0.1, 0.15) is 5.56 Å². The Hall–Kier alpha value is -2.71. The van der Waals surface area contributed by atoms with Crippen molar-refractivity contribution in [2.75, 3.05) is 35.4 Å². The minimum atomic E-state index is 0.535. The molecule has 22 heavy (non-hydrogen) atoms. The molecule has 0 heterocycles. The first kappa shape index (κ1) is 15.7. The Kier molecular flexibility index (Phi) is 4.54. The van der Waals surface area contributed by atoms with Crippen molar-refractivity contribution in [1.82, 2.24) is 0 Å². The van der Waals surface area contributed by atoms with Gasteiger partial charge in [-0.25, -0.2) is 0 Å². The van der Waals surface area contributed by atoms with Crippen LogP contribution in [0.5, 0.6) is 0 Å². The molecule has 0 aliphatic rings. The van der Waals surface area contributed by atoms with Crippen LogP contribution in [0, 0.1) is 12.3 Å². The van der Waals surface area contributed by atoms with E-state index in [-0.39, 0.29) is 0 Å². The van der Waals surface area contributed by atoms with Crippen molar-refractivity contribution < 1.29 is 0 Å². The number of hydrogen-bond donors (Lipinski definition) is 2. The lowest BCUT2D eigenvalue weighted by molar-refractivity contribution is 1.18. The lowest BCUT2D eigenvalue weighted by atomic mass is 10.2. The number of terminal acetylenes is 1. The lowest BCUT2D eigenvalue weighted by Crippen LogP contribution is -2.38. The molecule has 0 aliphatic carbocycles. The number of rotatable bonds is 2. The summed E-state index contributed by atoms with van der Waals surface area (Å²) in [4.78, 5) is 3.78. The van der Waals surface area contributed by atoms with Gasteiger partial charge in [0.15, 0.2) is 5.11 Å². The molecule has 112 valence electrons. The van der Waals surface area contributed by atoms with Gasteiger partial charge < -0.3 is 21.3 Å². The Balaban J connectivity index is 2.21. The van der Waals surface area contributed by atoms with E-state index in [4.69, 9.17) is 30.1 Å². The number of thiocarbonyl (C=S) groups is 1. The topological polar surface area (TPSA) is 58.5 Å². The zero-order valence-electron chi connectivity index (χ0n) is 12.6. The van der Waals surface area contributed by atoms with E-state index in [1.165, 1.54) is 0 Å². The highest BCUT2D eigenvalue weighted by molar-refractivity contribution is 7.80. The third-order valence-electron chi connectivity index (χ3n) is 3.45. The van der Waals surface area contributed by atoms with Gasteiger partial charge in [-0.1, -0.05) is 5.92 Å². The van der Waals surface area contributed by atoms with Gasteiger partial charge in [0.05, 0.1) is 11.4 Å². The standard InChI is InChI=1S/C17H18N4S/c1-4-12-5-7-13(8-6-12)20(2)17(22)21(3)14-9-10-15(18)16(19)11-14/h1,5-11H,18-19H2,2-3H3. The quantitative estimate of drug-likeness (QED) is 0.507. The molecule has 0 saturated heterocycles. The molecule has 0 saturated carbocycles. The van der Waals surface area contributed by atoms with Crippen LogP contribution in [0.4, 0.5) is 22.7 Å². The summed E-state index contributed by atoms with van der Waals surface area (Å²) in [5, 5.41) is 0.637. The van der Waals surface area contributed by atoms with Gasteiger partial charge in [0.1, 0.15) is 0 Å². The molecule has 5 heteroatoms. The first-order valence-electron chi connectivity index (χ1n) is 6.67. The van der Waals surface area contributed by atoms with Crippen molar-refractivity contribution in [2.45, 2.75) is 0 Å². The summed E-state index contributed by atoms with van der Waals surface area (Å²) in [6, 6.07) is 13.1. The minimum absolute atomic E-state index is 0.535. The Morgan fingerprint density at radius 2 is 1.50 bits per heavy atom. The Morgan fingerprint density at radius 1 is 0.955 bits per heavy atom. The van der Waals surface area contributed by atoms with Crippen molar-refractivity contribution in [1.29, 1.82) is 0 Å². The SMILES string of the molecule is C#Cc1ccc(N(C)C(=S)N(C)c2ccc(N)c(N)c2)cc1. The second kappa shape index (κ2) is 6.37. The maximum Gasteiger partial charge on any atom is 0.180 e. The lowest BCUT2D eigenvalue weighted by Gasteiger charge is -2.28. The van der Waals surface area contributed by atoms with Crippen molar-refractivity contribution in [3.8, 4) is 12.3 Å². The minimum Gasteiger partial charge on any atom is -0.397 e. The van der Waals surface area contributed by atoms with E-state index >= 15 is 0 Å². The summed E-state index contributed by atoms with van der Waals surface area (Å²) in [6.45, 7) is 0. The Labute approximate surface area is 136 Å². The number of nitrogens with two attached hydrogens (primary N) is 2. The van der Waals surface area contributed by atoms with Crippen molar-refractivity contribution in [3.63, 3.8) is 0 Å². The third-order valence-corrected chi connectivity index (χ3v) is 4.00. The first-order chi connectivity index (χ1) is 10.4.